The lowest BCUT2D eigenvalue weighted by Gasteiger charge is -2.22. The van der Waals surface area contributed by atoms with Gasteiger partial charge in [0.15, 0.2) is 0 Å². The first-order chi connectivity index (χ1) is 9.82. The molecule has 0 fully saturated rings. The van der Waals surface area contributed by atoms with Crippen LogP contribution in [0.2, 0.25) is 0 Å². The first-order valence-corrected chi connectivity index (χ1v) is 7.92. The minimum Gasteiger partial charge on any atom is -0.460 e. The van der Waals surface area contributed by atoms with Crippen LogP contribution in [0.1, 0.15) is 68.2 Å². The van der Waals surface area contributed by atoms with Crippen LogP contribution in [0.5, 0.6) is 0 Å². The summed E-state index contributed by atoms with van der Waals surface area (Å²) in [6.45, 7) is 14.8. The van der Waals surface area contributed by atoms with Gasteiger partial charge >= 0.3 is 11.9 Å². The Kier molecular flexibility index (Phi) is 7.85. The summed E-state index contributed by atoms with van der Waals surface area (Å²) >= 11 is 0. The standard InChI is InChI=1S/C18H32O4/c1-13(15(19)21-17(3,4)5)11-9-10-12-14(2)16(20)22-18(6,7)8/h9-10,13-14H,11-12H2,1-8H3. The van der Waals surface area contributed by atoms with E-state index in [0.29, 0.717) is 12.8 Å². The van der Waals surface area contributed by atoms with Crippen LogP contribution < -0.4 is 0 Å². The molecular weight excluding hydrogens is 280 g/mol. The van der Waals surface area contributed by atoms with Gasteiger partial charge in [-0.25, -0.2) is 0 Å². The Bertz CT molecular complexity index is 358. The number of rotatable bonds is 6. The number of hydrogen-bond donors (Lipinski definition) is 0. The van der Waals surface area contributed by atoms with Gasteiger partial charge in [-0.05, 0) is 54.4 Å². The fourth-order valence-electron chi connectivity index (χ4n) is 1.60. The maximum Gasteiger partial charge on any atom is 0.309 e. The molecule has 0 aromatic rings. The molecule has 0 radical (unpaired) electrons. The monoisotopic (exact) mass is 312 g/mol. The van der Waals surface area contributed by atoms with E-state index in [4.69, 9.17) is 9.47 Å². The average molecular weight is 312 g/mol. The van der Waals surface area contributed by atoms with Crippen molar-refractivity contribution in [1.29, 1.82) is 0 Å². The van der Waals surface area contributed by atoms with Crippen molar-refractivity contribution >= 4 is 11.9 Å². The molecule has 2 atom stereocenters. The number of carbonyl (C=O) groups excluding carboxylic acids is 2. The molecule has 0 saturated heterocycles. The van der Waals surface area contributed by atoms with Crippen molar-refractivity contribution in [3.8, 4) is 0 Å². The maximum absolute atomic E-state index is 11.8. The molecular formula is C18H32O4. The number of esters is 2. The van der Waals surface area contributed by atoms with Crippen molar-refractivity contribution in [3.05, 3.63) is 12.2 Å². The van der Waals surface area contributed by atoms with Gasteiger partial charge in [-0.1, -0.05) is 26.0 Å². The molecule has 2 unspecified atom stereocenters. The van der Waals surface area contributed by atoms with Crippen molar-refractivity contribution in [2.75, 3.05) is 0 Å². The van der Waals surface area contributed by atoms with E-state index in [1.165, 1.54) is 0 Å². The molecule has 0 N–H and O–H groups in total. The smallest absolute Gasteiger partial charge is 0.309 e. The molecule has 0 saturated carbocycles. The fourth-order valence-corrected chi connectivity index (χ4v) is 1.60. The van der Waals surface area contributed by atoms with Gasteiger partial charge in [0.05, 0.1) is 11.8 Å². The van der Waals surface area contributed by atoms with E-state index < -0.39 is 11.2 Å². The summed E-state index contributed by atoms with van der Waals surface area (Å²) in [6.07, 6.45) is 5.07. The number of carbonyl (C=O) groups is 2. The molecule has 0 heterocycles. The highest BCUT2D eigenvalue weighted by molar-refractivity contribution is 5.73. The summed E-state index contributed by atoms with van der Waals surface area (Å²) in [6, 6.07) is 0. The SMILES string of the molecule is CC(CC=CCC(C)C(=O)OC(C)(C)C)C(=O)OC(C)(C)C. The van der Waals surface area contributed by atoms with Gasteiger partial charge in [-0.15, -0.1) is 0 Å². The van der Waals surface area contributed by atoms with Crippen LogP contribution in [0, 0.1) is 11.8 Å². The molecule has 0 aromatic heterocycles. The second-order valence-electron chi connectivity index (χ2n) is 7.81. The highest BCUT2D eigenvalue weighted by Crippen LogP contribution is 2.16. The second-order valence-corrected chi connectivity index (χ2v) is 7.81. The molecule has 22 heavy (non-hydrogen) atoms. The minimum absolute atomic E-state index is 0.188. The zero-order valence-electron chi connectivity index (χ0n) is 15.4. The summed E-state index contributed by atoms with van der Waals surface area (Å²) in [4.78, 5) is 23.6. The van der Waals surface area contributed by atoms with Crippen LogP contribution in [0.4, 0.5) is 0 Å². The predicted molar refractivity (Wildman–Crippen MR) is 88.4 cm³/mol. The summed E-state index contributed by atoms with van der Waals surface area (Å²) in [5.41, 5.74) is -0.916. The van der Waals surface area contributed by atoms with E-state index in [2.05, 4.69) is 0 Å². The molecule has 0 bridgehead atoms. The van der Waals surface area contributed by atoms with Crippen molar-refractivity contribution in [2.24, 2.45) is 11.8 Å². The molecule has 128 valence electrons. The van der Waals surface area contributed by atoms with Crippen molar-refractivity contribution in [1.82, 2.24) is 0 Å². The highest BCUT2D eigenvalue weighted by Gasteiger charge is 2.22. The zero-order valence-corrected chi connectivity index (χ0v) is 15.4. The Morgan fingerprint density at radius 3 is 1.27 bits per heavy atom. The fraction of sp³-hybridized carbons (Fsp3) is 0.778. The summed E-state index contributed by atoms with van der Waals surface area (Å²) in [5.74, 6) is -0.769. The Balaban J connectivity index is 4.19. The Morgan fingerprint density at radius 2 is 1.05 bits per heavy atom. The molecule has 0 amide bonds. The van der Waals surface area contributed by atoms with Gasteiger partial charge in [0.1, 0.15) is 11.2 Å². The lowest BCUT2D eigenvalue weighted by Crippen LogP contribution is -2.27. The average Bonchev–Trinajstić information content (AvgIpc) is 2.29. The molecule has 0 aliphatic heterocycles. The largest absolute Gasteiger partial charge is 0.460 e. The van der Waals surface area contributed by atoms with E-state index in [-0.39, 0.29) is 23.8 Å². The topological polar surface area (TPSA) is 52.6 Å². The predicted octanol–water partition coefficient (Wildman–Crippen LogP) is 4.28. The maximum atomic E-state index is 11.8. The Hall–Kier alpha value is -1.32. The second kappa shape index (κ2) is 8.35. The van der Waals surface area contributed by atoms with Gasteiger partial charge in [-0.2, -0.15) is 0 Å². The molecule has 4 heteroatoms. The third-order valence-electron chi connectivity index (χ3n) is 2.76. The summed E-state index contributed by atoms with van der Waals surface area (Å²) in [7, 11) is 0. The van der Waals surface area contributed by atoms with Crippen molar-refractivity contribution in [2.45, 2.75) is 79.4 Å². The molecule has 0 aliphatic carbocycles. The van der Waals surface area contributed by atoms with Crippen LogP contribution in [0.25, 0.3) is 0 Å². The van der Waals surface area contributed by atoms with Gasteiger partial charge in [0.2, 0.25) is 0 Å². The lowest BCUT2D eigenvalue weighted by molar-refractivity contribution is -0.160. The Morgan fingerprint density at radius 1 is 0.773 bits per heavy atom. The molecule has 4 nitrogen and oxygen atoms in total. The van der Waals surface area contributed by atoms with Gasteiger partial charge in [0.25, 0.3) is 0 Å². The van der Waals surface area contributed by atoms with Gasteiger partial charge in [-0.3, -0.25) is 9.59 Å². The number of ether oxygens (including phenoxy) is 2. The van der Waals surface area contributed by atoms with E-state index in [0.717, 1.165) is 0 Å². The van der Waals surface area contributed by atoms with Crippen LogP contribution in [-0.4, -0.2) is 23.1 Å². The zero-order chi connectivity index (χ0) is 17.6. The van der Waals surface area contributed by atoms with E-state index in [1.807, 2.05) is 67.5 Å². The van der Waals surface area contributed by atoms with Crippen LogP contribution in [0.3, 0.4) is 0 Å². The first-order valence-electron chi connectivity index (χ1n) is 7.92. The molecule has 0 aliphatic rings. The van der Waals surface area contributed by atoms with Crippen molar-refractivity contribution in [3.63, 3.8) is 0 Å². The third kappa shape index (κ3) is 10.4. The van der Waals surface area contributed by atoms with E-state index >= 15 is 0 Å². The van der Waals surface area contributed by atoms with E-state index in [9.17, 15) is 9.59 Å². The van der Waals surface area contributed by atoms with Gasteiger partial charge < -0.3 is 9.47 Å². The first kappa shape index (κ1) is 20.7. The minimum atomic E-state index is -0.458. The summed E-state index contributed by atoms with van der Waals surface area (Å²) in [5, 5.41) is 0. The third-order valence-corrected chi connectivity index (χ3v) is 2.76. The van der Waals surface area contributed by atoms with Crippen LogP contribution >= 0.6 is 0 Å². The molecule has 0 spiro atoms. The van der Waals surface area contributed by atoms with E-state index in [1.54, 1.807) is 0 Å². The normalized spacial score (nSPS) is 15.5. The highest BCUT2D eigenvalue weighted by atomic mass is 16.6. The van der Waals surface area contributed by atoms with Gasteiger partial charge in [0, 0.05) is 0 Å². The Labute approximate surface area is 135 Å². The van der Waals surface area contributed by atoms with Crippen LogP contribution in [0.15, 0.2) is 12.2 Å². The van der Waals surface area contributed by atoms with Crippen LogP contribution in [-0.2, 0) is 19.1 Å². The number of allylic oxidation sites excluding steroid dienone is 2. The molecule has 0 rings (SSSR count). The van der Waals surface area contributed by atoms with Crippen molar-refractivity contribution < 1.29 is 19.1 Å². The number of hydrogen-bond acceptors (Lipinski definition) is 4. The molecule has 0 aromatic carbocycles. The lowest BCUT2D eigenvalue weighted by atomic mass is 10.0. The summed E-state index contributed by atoms with van der Waals surface area (Å²) < 4.78 is 10.6. The quantitative estimate of drug-likeness (QED) is 0.542.